The van der Waals surface area contributed by atoms with E-state index >= 15 is 0 Å². The van der Waals surface area contributed by atoms with Gasteiger partial charge >= 0.3 is 0 Å². The molecule has 4 rings (SSSR count). The van der Waals surface area contributed by atoms with Crippen molar-refractivity contribution in [2.45, 2.75) is 100 Å². The van der Waals surface area contributed by atoms with Crippen molar-refractivity contribution in [3.63, 3.8) is 0 Å². The average Bonchev–Trinajstić information content (AvgIpc) is 3.34. The molecule has 6 nitrogen and oxygen atoms in total. The molecule has 2 saturated carbocycles. The fourth-order valence-corrected chi connectivity index (χ4v) is 5.48. The number of hydrogen-bond acceptors (Lipinski definition) is 5. The van der Waals surface area contributed by atoms with E-state index in [0.29, 0.717) is 12.1 Å². The van der Waals surface area contributed by atoms with Crippen LogP contribution in [0, 0.1) is 0 Å². The highest BCUT2D eigenvalue weighted by molar-refractivity contribution is 8.00. The normalized spacial score (nSPS) is 20.3. The fraction of sp³-hybridized carbons (Fsp3) is 0.682. The first-order valence-corrected chi connectivity index (χ1v) is 12.1. The van der Waals surface area contributed by atoms with E-state index in [1.165, 1.54) is 56.7 Å². The molecule has 0 radical (unpaired) electrons. The van der Waals surface area contributed by atoms with Crippen LogP contribution in [0.4, 0.5) is 0 Å². The van der Waals surface area contributed by atoms with Gasteiger partial charge in [-0.15, -0.1) is 10.2 Å². The first-order chi connectivity index (χ1) is 14.2. The summed E-state index contributed by atoms with van der Waals surface area (Å²) in [6, 6.07) is 4.51. The second-order valence-electron chi connectivity index (χ2n) is 8.40. The van der Waals surface area contributed by atoms with Gasteiger partial charge < -0.3 is 9.73 Å². The quantitative estimate of drug-likeness (QED) is 0.507. The second-order valence-corrected chi connectivity index (χ2v) is 9.71. The Labute approximate surface area is 177 Å². The molecular weight excluding hydrogens is 384 g/mol. The smallest absolute Gasteiger partial charge is 0.233 e. The maximum atomic E-state index is 12.8. The topological polar surface area (TPSA) is 73.0 Å². The largest absolute Gasteiger partial charge is 0.461 e. The van der Waals surface area contributed by atoms with E-state index in [1.54, 1.807) is 6.26 Å². The lowest BCUT2D eigenvalue weighted by atomic mass is 9.95. The number of rotatable bonds is 6. The Hall–Kier alpha value is -1.76. The van der Waals surface area contributed by atoms with Gasteiger partial charge in [0.2, 0.25) is 11.7 Å². The summed E-state index contributed by atoms with van der Waals surface area (Å²) in [6.45, 7) is 1.98. The van der Waals surface area contributed by atoms with E-state index in [9.17, 15) is 4.79 Å². The van der Waals surface area contributed by atoms with Gasteiger partial charge in [0.1, 0.15) is 0 Å². The molecule has 2 aliphatic rings. The lowest BCUT2D eigenvalue weighted by molar-refractivity contribution is -0.121. The second kappa shape index (κ2) is 9.83. The molecule has 2 aliphatic carbocycles. The zero-order valence-corrected chi connectivity index (χ0v) is 18.1. The molecule has 0 spiro atoms. The first-order valence-electron chi connectivity index (χ1n) is 11.2. The zero-order valence-electron chi connectivity index (χ0n) is 17.3. The molecule has 0 aliphatic heterocycles. The molecule has 1 amide bonds. The Kier molecular flexibility index (Phi) is 6.95. The van der Waals surface area contributed by atoms with Crippen LogP contribution in [0.15, 0.2) is 28.0 Å². The molecule has 2 fully saturated rings. The molecule has 1 unspecified atom stereocenters. The average molecular weight is 417 g/mol. The predicted molar refractivity (Wildman–Crippen MR) is 115 cm³/mol. The zero-order chi connectivity index (χ0) is 20.1. The van der Waals surface area contributed by atoms with Crippen molar-refractivity contribution >= 4 is 17.7 Å². The molecule has 2 aromatic rings. The maximum Gasteiger partial charge on any atom is 0.233 e. The maximum absolute atomic E-state index is 12.8. The van der Waals surface area contributed by atoms with E-state index in [4.69, 9.17) is 4.42 Å². The van der Waals surface area contributed by atoms with Crippen molar-refractivity contribution in [3.8, 4) is 11.6 Å². The minimum absolute atomic E-state index is 0.111. The number of thioether (sulfide) groups is 1. The highest BCUT2D eigenvalue weighted by atomic mass is 32.2. The summed E-state index contributed by atoms with van der Waals surface area (Å²) in [5.74, 6) is 1.63. The molecule has 0 saturated heterocycles. The van der Waals surface area contributed by atoms with Gasteiger partial charge in [0.05, 0.1) is 11.5 Å². The summed E-state index contributed by atoms with van der Waals surface area (Å²) in [5.41, 5.74) is 0. The molecular formula is C22H32N4O2S. The Balaban J connectivity index is 1.49. The van der Waals surface area contributed by atoms with Gasteiger partial charge in [0.15, 0.2) is 10.9 Å². The molecule has 2 heterocycles. The van der Waals surface area contributed by atoms with E-state index < -0.39 is 0 Å². The standard InChI is InChI=1S/C22H32N4O2S/c1-16(21(27)23-17-10-5-2-3-6-11-17)29-22-25-24-20(19-14-9-15-28-19)26(22)18-12-7-4-8-13-18/h9,14-18H,2-8,10-13H2,1H3,(H,23,27). The minimum atomic E-state index is -0.200. The lowest BCUT2D eigenvalue weighted by Gasteiger charge is -2.26. The van der Waals surface area contributed by atoms with Gasteiger partial charge in [-0.2, -0.15) is 0 Å². The van der Waals surface area contributed by atoms with Crippen LogP contribution in [-0.4, -0.2) is 32.0 Å². The molecule has 1 atom stereocenters. The third kappa shape index (κ3) is 5.05. The van der Waals surface area contributed by atoms with Crippen LogP contribution < -0.4 is 5.32 Å². The summed E-state index contributed by atoms with van der Waals surface area (Å²) in [5, 5.41) is 12.8. The number of hydrogen-bond donors (Lipinski definition) is 1. The van der Waals surface area contributed by atoms with Crippen LogP contribution in [0.2, 0.25) is 0 Å². The monoisotopic (exact) mass is 416 g/mol. The Morgan fingerprint density at radius 1 is 1.10 bits per heavy atom. The molecule has 29 heavy (non-hydrogen) atoms. The SMILES string of the molecule is CC(Sc1nnc(-c2ccco2)n1C1CCCCC1)C(=O)NC1CCCCCC1. The predicted octanol–water partition coefficient (Wildman–Crippen LogP) is 5.36. The highest BCUT2D eigenvalue weighted by Gasteiger charge is 2.28. The molecule has 158 valence electrons. The summed E-state index contributed by atoms with van der Waals surface area (Å²) in [4.78, 5) is 12.8. The molecule has 0 bridgehead atoms. The van der Waals surface area contributed by atoms with Crippen molar-refractivity contribution in [1.29, 1.82) is 0 Å². The van der Waals surface area contributed by atoms with Crippen LogP contribution in [0.3, 0.4) is 0 Å². The van der Waals surface area contributed by atoms with Crippen LogP contribution >= 0.6 is 11.8 Å². The van der Waals surface area contributed by atoms with Crippen molar-refractivity contribution in [3.05, 3.63) is 18.4 Å². The number of furan rings is 1. The molecule has 2 aromatic heterocycles. The van der Waals surface area contributed by atoms with Gasteiger partial charge in [-0.05, 0) is 44.7 Å². The Morgan fingerprint density at radius 3 is 2.48 bits per heavy atom. The number of carbonyl (C=O) groups excluding carboxylic acids is 1. The molecule has 7 heteroatoms. The summed E-state index contributed by atoms with van der Waals surface area (Å²) >= 11 is 1.52. The number of aromatic nitrogens is 3. The van der Waals surface area contributed by atoms with Gasteiger partial charge in [0.25, 0.3) is 0 Å². The number of carbonyl (C=O) groups is 1. The van der Waals surface area contributed by atoms with Crippen LogP contribution in [0.25, 0.3) is 11.6 Å². The summed E-state index contributed by atoms with van der Waals surface area (Å²) in [6.07, 6.45) is 14.9. The third-order valence-electron chi connectivity index (χ3n) is 6.20. The Morgan fingerprint density at radius 2 is 1.79 bits per heavy atom. The lowest BCUT2D eigenvalue weighted by Crippen LogP contribution is -2.39. The van der Waals surface area contributed by atoms with Crippen LogP contribution in [0.1, 0.15) is 83.6 Å². The van der Waals surface area contributed by atoms with Crippen molar-refractivity contribution in [2.24, 2.45) is 0 Å². The highest BCUT2D eigenvalue weighted by Crippen LogP contribution is 2.36. The van der Waals surface area contributed by atoms with Crippen molar-refractivity contribution in [1.82, 2.24) is 20.1 Å². The van der Waals surface area contributed by atoms with Gasteiger partial charge in [-0.25, -0.2) is 0 Å². The minimum Gasteiger partial charge on any atom is -0.461 e. The van der Waals surface area contributed by atoms with Gasteiger partial charge in [-0.1, -0.05) is 56.7 Å². The van der Waals surface area contributed by atoms with Crippen molar-refractivity contribution < 1.29 is 9.21 Å². The van der Waals surface area contributed by atoms with E-state index in [2.05, 4.69) is 20.1 Å². The van der Waals surface area contributed by atoms with E-state index in [0.717, 1.165) is 42.4 Å². The first kappa shape index (κ1) is 20.5. The van der Waals surface area contributed by atoms with Crippen molar-refractivity contribution in [2.75, 3.05) is 0 Å². The fourth-order valence-electron chi connectivity index (χ4n) is 4.55. The van der Waals surface area contributed by atoms with Crippen LogP contribution in [0.5, 0.6) is 0 Å². The number of amides is 1. The van der Waals surface area contributed by atoms with E-state index in [1.807, 2.05) is 19.1 Å². The number of nitrogens with zero attached hydrogens (tertiary/aromatic N) is 3. The van der Waals surface area contributed by atoms with Gasteiger partial charge in [0, 0.05) is 12.1 Å². The molecule has 0 aromatic carbocycles. The summed E-state index contributed by atoms with van der Waals surface area (Å²) in [7, 11) is 0. The molecule has 1 N–H and O–H groups in total. The number of nitrogens with one attached hydrogen (secondary N) is 1. The Bertz CT molecular complexity index is 775. The summed E-state index contributed by atoms with van der Waals surface area (Å²) < 4.78 is 7.84. The van der Waals surface area contributed by atoms with Gasteiger partial charge in [-0.3, -0.25) is 9.36 Å². The van der Waals surface area contributed by atoms with Crippen LogP contribution in [-0.2, 0) is 4.79 Å². The third-order valence-corrected chi connectivity index (χ3v) is 7.26. The van der Waals surface area contributed by atoms with E-state index in [-0.39, 0.29) is 11.2 Å².